The van der Waals surface area contributed by atoms with E-state index in [1.165, 1.54) is 6.20 Å². The summed E-state index contributed by atoms with van der Waals surface area (Å²) in [6.07, 6.45) is 2.88. The molecule has 0 aromatic carbocycles. The van der Waals surface area contributed by atoms with E-state index in [0.717, 1.165) is 24.1 Å². The zero-order valence-corrected chi connectivity index (χ0v) is 13.2. The third-order valence-corrected chi connectivity index (χ3v) is 4.31. The Bertz CT molecular complexity index is 681. The number of nitrogens with two attached hydrogens (primary N) is 1. The van der Waals surface area contributed by atoms with Crippen molar-refractivity contribution < 1.29 is 4.74 Å². The van der Waals surface area contributed by atoms with E-state index in [1.807, 2.05) is 6.07 Å². The summed E-state index contributed by atoms with van der Waals surface area (Å²) >= 11 is 17.7. The lowest BCUT2D eigenvalue weighted by molar-refractivity contribution is 0.171. The van der Waals surface area contributed by atoms with Gasteiger partial charge in [0.2, 0.25) is 0 Å². The fourth-order valence-corrected chi connectivity index (χ4v) is 2.82. The number of ether oxygens (including phenoxy) is 1. The molecule has 110 valence electrons. The lowest BCUT2D eigenvalue weighted by Gasteiger charge is -2.29. The summed E-state index contributed by atoms with van der Waals surface area (Å²) in [5.74, 6) is 0.539. The maximum Gasteiger partial charge on any atom is 0.147 e. The highest BCUT2D eigenvalue weighted by molar-refractivity contribution is 6.41. The van der Waals surface area contributed by atoms with Crippen molar-refractivity contribution in [1.29, 1.82) is 0 Å². The van der Waals surface area contributed by atoms with Crippen LogP contribution in [0.25, 0.3) is 0 Å². The second-order valence-corrected chi connectivity index (χ2v) is 5.99. The van der Waals surface area contributed by atoms with Gasteiger partial charge in [-0.2, -0.15) is 0 Å². The van der Waals surface area contributed by atoms with Crippen LogP contribution in [0.15, 0.2) is 24.4 Å². The molecule has 0 saturated carbocycles. The Morgan fingerprint density at radius 2 is 2.00 bits per heavy atom. The van der Waals surface area contributed by atoms with E-state index < -0.39 is 0 Å². The predicted octanol–water partition coefficient (Wildman–Crippen LogP) is 4.35. The molecule has 21 heavy (non-hydrogen) atoms. The van der Waals surface area contributed by atoms with Gasteiger partial charge in [-0.3, -0.25) is 0 Å². The monoisotopic (exact) mass is 343 g/mol. The molecular formula is C14H12Cl3N3O. The number of fused-ring (bicyclic) bond motifs is 1. The molecule has 0 aliphatic heterocycles. The van der Waals surface area contributed by atoms with Gasteiger partial charge in [-0.05, 0) is 24.5 Å². The summed E-state index contributed by atoms with van der Waals surface area (Å²) in [7, 11) is 0. The molecule has 0 radical (unpaired) electrons. The number of hydrogen-bond donors (Lipinski definition) is 1. The number of rotatable bonds is 2. The van der Waals surface area contributed by atoms with Crippen molar-refractivity contribution in [2.75, 3.05) is 0 Å². The molecule has 1 aliphatic rings. The first-order chi connectivity index (χ1) is 10.0. The second kappa shape index (κ2) is 5.97. The van der Waals surface area contributed by atoms with Gasteiger partial charge >= 0.3 is 0 Å². The Hall–Kier alpha value is -1.07. The first-order valence-electron chi connectivity index (χ1n) is 6.44. The normalized spacial score (nSPS) is 21.0. The molecule has 3 rings (SSSR count). The quantitative estimate of drug-likeness (QED) is 0.823. The minimum Gasteiger partial charge on any atom is -0.482 e. The van der Waals surface area contributed by atoms with Gasteiger partial charge in [0, 0.05) is 12.1 Å². The Kier molecular flexibility index (Phi) is 4.22. The zero-order valence-electron chi connectivity index (χ0n) is 10.9. The first kappa shape index (κ1) is 14.9. The third-order valence-electron chi connectivity index (χ3n) is 3.42. The minimum atomic E-state index is -0.224. The molecule has 2 aromatic rings. The van der Waals surface area contributed by atoms with Crippen molar-refractivity contribution >= 4 is 34.8 Å². The molecule has 0 bridgehead atoms. The summed E-state index contributed by atoms with van der Waals surface area (Å²) in [6.45, 7) is 0. The van der Waals surface area contributed by atoms with Crippen LogP contribution in [0, 0.1) is 0 Å². The van der Waals surface area contributed by atoms with Crippen LogP contribution in [-0.2, 0) is 0 Å². The second-order valence-electron chi connectivity index (χ2n) is 4.84. The van der Waals surface area contributed by atoms with E-state index in [-0.39, 0.29) is 17.3 Å². The van der Waals surface area contributed by atoms with Gasteiger partial charge in [-0.15, -0.1) is 0 Å². The Morgan fingerprint density at radius 3 is 2.76 bits per heavy atom. The van der Waals surface area contributed by atoms with E-state index in [9.17, 15) is 0 Å². The molecule has 7 heteroatoms. The van der Waals surface area contributed by atoms with Crippen molar-refractivity contribution in [3.05, 3.63) is 51.0 Å². The van der Waals surface area contributed by atoms with Crippen LogP contribution in [0.1, 0.15) is 36.2 Å². The number of hydrogen-bond acceptors (Lipinski definition) is 4. The molecule has 4 nitrogen and oxygen atoms in total. The molecule has 1 aliphatic carbocycles. The summed E-state index contributed by atoms with van der Waals surface area (Å²) in [5, 5.41) is 1.01. The van der Waals surface area contributed by atoms with E-state index in [4.69, 9.17) is 45.3 Å². The Labute approximate surface area is 137 Å². The summed E-state index contributed by atoms with van der Waals surface area (Å²) in [4.78, 5) is 8.33. The molecule has 2 unspecified atom stereocenters. The number of pyridine rings is 2. The third kappa shape index (κ3) is 3.09. The minimum absolute atomic E-state index is 0.0449. The lowest BCUT2D eigenvalue weighted by Crippen LogP contribution is -2.24. The van der Waals surface area contributed by atoms with Crippen LogP contribution in [-0.4, -0.2) is 9.97 Å². The highest BCUT2D eigenvalue weighted by atomic mass is 35.5. The van der Waals surface area contributed by atoms with E-state index in [1.54, 1.807) is 12.1 Å². The first-order valence-corrected chi connectivity index (χ1v) is 7.57. The van der Waals surface area contributed by atoms with Crippen LogP contribution >= 0.6 is 34.8 Å². The largest absolute Gasteiger partial charge is 0.482 e. The Morgan fingerprint density at radius 1 is 1.19 bits per heavy atom. The fraction of sp³-hybridized carbons (Fsp3) is 0.286. The maximum absolute atomic E-state index is 6.11. The molecule has 2 heterocycles. The van der Waals surface area contributed by atoms with Crippen molar-refractivity contribution in [2.45, 2.75) is 25.0 Å². The lowest BCUT2D eigenvalue weighted by atomic mass is 9.90. The van der Waals surface area contributed by atoms with Crippen LogP contribution in [0.5, 0.6) is 5.75 Å². The number of aromatic nitrogens is 2. The van der Waals surface area contributed by atoms with Gasteiger partial charge in [-0.25, -0.2) is 9.97 Å². The Balaban J connectivity index is 1.91. The molecule has 2 atom stereocenters. The molecular weight excluding hydrogens is 333 g/mol. The van der Waals surface area contributed by atoms with Crippen molar-refractivity contribution in [3.8, 4) is 5.75 Å². The average Bonchev–Trinajstić information content (AvgIpc) is 2.46. The predicted molar refractivity (Wildman–Crippen MR) is 83.0 cm³/mol. The molecule has 2 aromatic heterocycles. The van der Waals surface area contributed by atoms with Gasteiger partial charge in [0.15, 0.2) is 0 Å². The molecule has 0 fully saturated rings. The number of nitrogens with zero attached hydrogens (tertiary/aromatic N) is 2. The van der Waals surface area contributed by atoms with Crippen LogP contribution in [0.4, 0.5) is 0 Å². The van der Waals surface area contributed by atoms with Gasteiger partial charge in [-0.1, -0.05) is 40.9 Å². The average molecular weight is 345 g/mol. The maximum atomic E-state index is 6.11. The van der Waals surface area contributed by atoms with Gasteiger partial charge < -0.3 is 10.5 Å². The standard InChI is InChI=1S/C14H12Cl3N3O/c15-9-5-7(6-19-14(9)17)21-11-3-2-10(18)8-1-4-12(16)20-13(8)11/h1,4-6,10-11H,2-3,18H2. The smallest absolute Gasteiger partial charge is 0.147 e. The highest BCUT2D eigenvalue weighted by Gasteiger charge is 2.28. The summed E-state index contributed by atoms with van der Waals surface area (Å²) < 4.78 is 5.94. The van der Waals surface area contributed by atoms with Crippen LogP contribution in [0.3, 0.4) is 0 Å². The summed E-state index contributed by atoms with van der Waals surface area (Å²) in [6, 6.07) is 5.23. The van der Waals surface area contributed by atoms with E-state index >= 15 is 0 Å². The van der Waals surface area contributed by atoms with Crippen molar-refractivity contribution in [1.82, 2.24) is 9.97 Å². The number of halogens is 3. The molecule has 0 amide bonds. The summed E-state index contributed by atoms with van der Waals surface area (Å²) in [5.41, 5.74) is 7.84. The van der Waals surface area contributed by atoms with Crippen LogP contribution < -0.4 is 10.5 Å². The van der Waals surface area contributed by atoms with Gasteiger partial charge in [0.25, 0.3) is 0 Å². The topological polar surface area (TPSA) is 61.0 Å². The van der Waals surface area contributed by atoms with E-state index in [2.05, 4.69) is 9.97 Å². The molecule has 0 spiro atoms. The van der Waals surface area contributed by atoms with E-state index in [0.29, 0.717) is 15.9 Å². The van der Waals surface area contributed by atoms with Gasteiger partial charge in [0.05, 0.1) is 16.9 Å². The molecule has 2 N–H and O–H groups in total. The SMILES string of the molecule is NC1CCC(Oc2cnc(Cl)c(Cl)c2)c2nc(Cl)ccc21. The zero-order chi connectivity index (χ0) is 15.0. The van der Waals surface area contributed by atoms with Gasteiger partial charge in [0.1, 0.15) is 22.2 Å². The van der Waals surface area contributed by atoms with Crippen molar-refractivity contribution in [3.63, 3.8) is 0 Å². The van der Waals surface area contributed by atoms with Crippen molar-refractivity contribution in [2.24, 2.45) is 5.73 Å². The fourth-order valence-electron chi connectivity index (χ4n) is 2.40. The highest BCUT2D eigenvalue weighted by Crippen LogP contribution is 2.37. The molecule has 0 saturated heterocycles. The van der Waals surface area contributed by atoms with Crippen LogP contribution in [0.2, 0.25) is 15.3 Å².